The predicted molar refractivity (Wildman–Crippen MR) is 39.9 cm³/mol. The van der Waals surface area contributed by atoms with Crippen molar-refractivity contribution in [2.75, 3.05) is 0 Å². The molecule has 0 aromatic rings. The topological polar surface area (TPSA) is 0 Å². The van der Waals surface area contributed by atoms with Crippen molar-refractivity contribution in [3.63, 3.8) is 0 Å². The van der Waals surface area contributed by atoms with Gasteiger partial charge in [0.1, 0.15) is 4.33 Å². The Bertz CT molecular complexity index is 153. The minimum absolute atomic E-state index is 0.288. The van der Waals surface area contributed by atoms with Gasteiger partial charge in [0.2, 0.25) is 0 Å². The largest absolute Gasteiger partial charge is 0.127 e. The minimum Gasteiger partial charge on any atom is -0.101 e. The second-order valence-corrected chi connectivity index (χ2v) is 4.87. The van der Waals surface area contributed by atoms with Crippen LogP contribution in [-0.4, -0.2) is 4.33 Å². The van der Waals surface area contributed by atoms with Crippen LogP contribution in [0, 0.1) is 11.3 Å². The van der Waals surface area contributed by atoms with Gasteiger partial charge in [-0.3, -0.25) is 0 Å². The SMILES string of the molecule is CC12CCCC1C2(Cl)Cl. The lowest BCUT2D eigenvalue weighted by molar-refractivity contribution is 0.538. The highest BCUT2D eigenvalue weighted by Gasteiger charge is 2.74. The summed E-state index contributed by atoms with van der Waals surface area (Å²) in [5.74, 6) is 0.605. The Morgan fingerprint density at radius 2 is 2.11 bits per heavy atom. The molecule has 2 aliphatic rings. The van der Waals surface area contributed by atoms with E-state index in [4.69, 9.17) is 23.2 Å². The zero-order valence-electron chi connectivity index (χ0n) is 5.45. The van der Waals surface area contributed by atoms with Crippen LogP contribution in [0.4, 0.5) is 0 Å². The first-order valence-electron chi connectivity index (χ1n) is 3.47. The molecule has 0 N–H and O–H groups in total. The van der Waals surface area contributed by atoms with Gasteiger partial charge in [-0.25, -0.2) is 0 Å². The summed E-state index contributed by atoms with van der Waals surface area (Å²) in [6.45, 7) is 2.20. The highest BCUT2D eigenvalue weighted by Crippen LogP contribution is 2.76. The van der Waals surface area contributed by atoms with Crippen LogP contribution in [-0.2, 0) is 0 Å². The molecule has 0 aliphatic heterocycles. The maximum atomic E-state index is 6.02. The fourth-order valence-electron chi connectivity index (χ4n) is 2.19. The molecule has 0 radical (unpaired) electrons. The van der Waals surface area contributed by atoms with Crippen LogP contribution in [0.25, 0.3) is 0 Å². The summed E-state index contributed by atoms with van der Waals surface area (Å²) >= 11 is 12.0. The average Bonchev–Trinajstić information content (AvgIpc) is 2.21. The number of hydrogen-bond acceptors (Lipinski definition) is 0. The standard InChI is InChI=1S/C7H10Cl2/c1-6-4-2-3-5(6)7(6,8)9/h5H,2-4H2,1H3. The Morgan fingerprint density at radius 1 is 1.44 bits per heavy atom. The fourth-order valence-corrected chi connectivity index (χ4v) is 3.23. The normalized spacial score (nSPS) is 53.0. The molecular formula is C7H10Cl2. The van der Waals surface area contributed by atoms with Gasteiger partial charge < -0.3 is 0 Å². The molecule has 0 nitrogen and oxygen atoms in total. The van der Waals surface area contributed by atoms with Crippen molar-refractivity contribution in [1.29, 1.82) is 0 Å². The molecule has 9 heavy (non-hydrogen) atoms. The van der Waals surface area contributed by atoms with Crippen molar-refractivity contribution in [1.82, 2.24) is 0 Å². The van der Waals surface area contributed by atoms with E-state index in [9.17, 15) is 0 Å². The van der Waals surface area contributed by atoms with Crippen LogP contribution in [0.5, 0.6) is 0 Å². The van der Waals surface area contributed by atoms with Crippen molar-refractivity contribution in [2.24, 2.45) is 11.3 Å². The molecule has 2 atom stereocenters. The van der Waals surface area contributed by atoms with Crippen LogP contribution in [0.3, 0.4) is 0 Å². The van der Waals surface area contributed by atoms with Crippen molar-refractivity contribution in [3.8, 4) is 0 Å². The third-order valence-corrected chi connectivity index (χ3v) is 4.46. The van der Waals surface area contributed by atoms with E-state index in [1.807, 2.05) is 0 Å². The number of rotatable bonds is 0. The molecule has 0 amide bonds. The molecule has 2 fully saturated rings. The number of hydrogen-bond donors (Lipinski definition) is 0. The van der Waals surface area contributed by atoms with Crippen molar-refractivity contribution in [3.05, 3.63) is 0 Å². The van der Waals surface area contributed by atoms with Gasteiger partial charge in [-0.15, -0.1) is 23.2 Å². The maximum absolute atomic E-state index is 6.02. The van der Waals surface area contributed by atoms with E-state index in [-0.39, 0.29) is 9.75 Å². The zero-order valence-corrected chi connectivity index (χ0v) is 6.97. The molecule has 0 heterocycles. The molecule has 2 heteroatoms. The van der Waals surface area contributed by atoms with Crippen LogP contribution in [0.15, 0.2) is 0 Å². The summed E-state index contributed by atoms with van der Waals surface area (Å²) in [6.07, 6.45) is 3.79. The lowest BCUT2D eigenvalue weighted by Crippen LogP contribution is -2.03. The summed E-state index contributed by atoms with van der Waals surface area (Å²) in [7, 11) is 0. The molecule has 52 valence electrons. The summed E-state index contributed by atoms with van der Waals surface area (Å²) in [5.41, 5.74) is 0.288. The van der Waals surface area contributed by atoms with Crippen LogP contribution >= 0.6 is 23.2 Å². The first kappa shape index (κ1) is 6.30. The van der Waals surface area contributed by atoms with E-state index in [0.29, 0.717) is 5.92 Å². The van der Waals surface area contributed by atoms with E-state index in [2.05, 4.69) is 6.92 Å². The molecule has 2 unspecified atom stereocenters. The molecule has 0 saturated heterocycles. The predicted octanol–water partition coefficient (Wildman–Crippen LogP) is 2.98. The number of halogens is 2. The highest BCUT2D eigenvalue weighted by molar-refractivity contribution is 6.51. The van der Waals surface area contributed by atoms with Crippen molar-refractivity contribution in [2.45, 2.75) is 30.5 Å². The van der Waals surface area contributed by atoms with Crippen molar-refractivity contribution >= 4 is 23.2 Å². The number of fused-ring (bicyclic) bond motifs is 1. The van der Waals surface area contributed by atoms with Gasteiger partial charge in [0.25, 0.3) is 0 Å². The zero-order chi connectivity index (χ0) is 6.70. The van der Waals surface area contributed by atoms with Gasteiger partial charge in [-0.05, 0) is 12.8 Å². The molecular weight excluding hydrogens is 155 g/mol. The number of alkyl halides is 2. The lowest BCUT2D eigenvalue weighted by atomic mass is 10.1. The average molecular weight is 165 g/mol. The molecule has 0 aromatic heterocycles. The van der Waals surface area contributed by atoms with E-state index >= 15 is 0 Å². The van der Waals surface area contributed by atoms with E-state index in [0.717, 1.165) is 0 Å². The first-order chi connectivity index (χ1) is 4.09. The monoisotopic (exact) mass is 164 g/mol. The molecule has 0 bridgehead atoms. The molecule has 0 spiro atoms. The Hall–Kier alpha value is 0.580. The quantitative estimate of drug-likeness (QED) is 0.484. The van der Waals surface area contributed by atoms with Gasteiger partial charge in [-0.2, -0.15) is 0 Å². The molecule has 2 aliphatic carbocycles. The smallest absolute Gasteiger partial charge is 0.101 e. The second-order valence-electron chi connectivity index (χ2n) is 3.49. The summed E-state index contributed by atoms with van der Waals surface area (Å²) < 4.78 is -0.356. The van der Waals surface area contributed by atoms with Gasteiger partial charge >= 0.3 is 0 Å². The Morgan fingerprint density at radius 3 is 2.33 bits per heavy atom. The maximum Gasteiger partial charge on any atom is 0.127 e. The van der Waals surface area contributed by atoms with Gasteiger partial charge in [0.15, 0.2) is 0 Å². The molecule has 2 rings (SSSR count). The van der Waals surface area contributed by atoms with Gasteiger partial charge in [0.05, 0.1) is 0 Å². The van der Waals surface area contributed by atoms with Gasteiger partial charge in [-0.1, -0.05) is 13.3 Å². The Labute approximate surface area is 65.5 Å². The summed E-state index contributed by atoms with van der Waals surface area (Å²) in [6, 6.07) is 0. The van der Waals surface area contributed by atoms with E-state index < -0.39 is 0 Å². The third kappa shape index (κ3) is 0.526. The highest BCUT2D eigenvalue weighted by atomic mass is 35.5. The Kier molecular flexibility index (Phi) is 1.000. The van der Waals surface area contributed by atoms with E-state index in [1.54, 1.807) is 0 Å². The molecule has 0 aromatic carbocycles. The van der Waals surface area contributed by atoms with Crippen molar-refractivity contribution < 1.29 is 0 Å². The minimum atomic E-state index is -0.356. The van der Waals surface area contributed by atoms with Crippen LogP contribution < -0.4 is 0 Å². The van der Waals surface area contributed by atoms with E-state index in [1.165, 1.54) is 19.3 Å². The Balaban J connectivity index is 2.26. The summed E-state index contributed by atoms with van der Waals surface area (Å²) in [4.78, 5) is 0. The fraction of sp³-hybridized carbons (Fsp3) is 1.00. The summed E-state index contributed by atoms with van der Waals surface area (Å²) in [5, 5.41) is 0. The molecule has 2 saturated carbocycles. The second kappa shape index (κ2) is 1.43. The lowest BCUT2D eigenvalue weighted by Gasteiger charge is -2.07. The van der Waals surface area contributed by atoms with Crippen LogP contribution in [0.2, 0.25) is 0 Å². The van der Waals surface area contributed by atoms with Crippen LogP contribution in [0.1, 0.15) is 26.2 Å². The third-order valence-electron chi connectivity index (χ3n) is 3.07. The first-order valence-corrected chi connectivity index (χ1v) is 4.22. The van der Waals surface area contributed by atoms with Gasteiger partial charge in [0, 0.05) is 11.3 Å².